The Morgan fingerprint density at radius 2 is 2.21 bits per heavy atom. The molecule has 1 rings (SSSR count). The summed E-state index contributed by atoms with van der Waals surface area (Å²) < 4.78 is 44.5. The number of nitrogen functional groups attached to an aromatic ring is 1. The lowest BCUT2D eigenvalue weighted by molar-refractivity contribution is -0.274. The van der Waals surface area contributed by atoms with Crippen molar-refractivity contribution in [2.24, 2.45) is 0 Å². The first-order valence-corrected chi connectivity index (χ1v) is 4.92. The van der Waals surface area contributed by atoms with Crippen LogP contribution in [0.4, 0.5) is 19.0 Å². The Bertz CT molecular complexity index is 537. The number of nitriles is 1. The molecule has 0 radical (unpaired) electrons. The van der Waals surface area contributed by atoms with Gasteiger partial charge in [-0.15, -0.1) is 13.2 Å². The van der Waals surface area contributed by atoms with Gasteiger partial charge in [-0.05, 0) is 13.0 Å². The number of carbonyl (C=O) groups excluding carboxylic acids is 1. The number of aromatic nitrogens is 1. The van der Waals surface area contributed by atoms with Crippen molar-refractivity contribution in [3.05, 3.63) is 17.3 Å². The van der Waals surface area contributed by atoms with Crippen LogP contribution in [-0.4, -0.2) is 23.9 Å². The summed E-state index contributed by atoms with van der Waals surface area (Å²) in [5, 5.41) is 8.74. The van der Waals surface area contributed by atoms with E-state index in [4.69, 9.17) is 11.0 Å². The van der Waals surface area contributed by atoms with Crippen LogP contribution in [0.1, 0.15) is 23.0 Å². The number of esters is 1. The third kappa shape index (κ3) is 3.74. The molecule has 0 spiro atoms. The fourth-order valence-corrected chi connectivity index (χ4v) is 1.17. The average molecular weight is 275 g/mol. The second-order valence-electron chi connectivity index (χ2n) is 3.15. The number of hydrogen-bond donors (Lipinski definition) is 1. The van der Waals surface area contributed by atoms with Gasteiger partial charge >= 0.3 is 12.3 Å². The van der Waals surface area contributed by atoms with Crippen LogP contribution in [0.3, 0.4) is 0 Å². The molecule has 1 aromatic rings. The Labute approximate surface area is 105 Å². The van der Waals surface area contributed by atoms with Crippen LogP contribution in [-0.2, 0) is 4.74 Å². The molecule has 0 aliphatic carbocycles. The van der Waals surface area contributed by atoms with Gasteiger partial charge in [-0.25, -0.2) is 9.78 Å². The molecular weight excluding hydrogens is 267 g/mol. The van der Waals surface area contributed by atoms with E-state index in [2.05, 4.69) is 14.5 Å². The van der Waals surface area contributed by atoms with Gasteiger partial charge in [0.25, 0.3) is 0 Å². The zero-order chi connectivity index (χ0) is 14.6. The van der Waals surface area contributed by atoms with Crippen LogP contribution < -0.4 is 10.5 Å². The van der Waals surface area contributed by atoms with Crippen LogP contribution in [0, 0.1) is 11.3 Å². The fraction of sp³-hybridized carbons (Fsp3) is 0.300. The highest BCUT2D eigenvalue weighted by Crippen LogP contribution is 2.31. The highest BCUT2D eigenvalue weighted by atomic mass is 19.4. The van der Waals surface area contributed by atoms with Crippen LogP contribution in [0.2, 0.25) is 0 Å². The van der Waals surface area contributed by atoms with Gasteiger partial charge in [0, 0.05) is 0 Å². The van der Waals surface area contributed by atoms with Crippen molar-refractivity contribution >= 4 is 11.8 Å². The Morgan fingerprint density at radius 3 is 2.68 bits per heavy atom. The summed E-state index contributed by atoms with van der Waals surface area (Å²) in [4.78, 5) is 14.8. The van der Waals surface area contributed by atoms with Gasteiger partial charge in [-0.2, -0.15) is 5.26 Å². The normalized spacial score (nSPS) is 10.7. The van der Waals surface area contributed by atoms with Crippen molar-refractivity contribution < 1.29 is 27.4 Å². The minimum atomic E-state index is -5.02. The summed E-state index contributed by atoms with van der Waals surface area (Å²) in [5.41, 5.74) is 4.31. The van der Waals surface area contributed by atoms with Crippen molar-refractivity contribution in [1.29, 1.82) is 5.26 Å². The van der Waals surface area contributed by atoms with Gasteiger partial charge in [-0.3, -0.25) is 0 Å². The second-order valence-corrected chi connectivity index (χ2v) is 3.15. The minimum Gasteiger partial charge on any atom is -0.461 e. The predicted molar refractivity (Wildman–Crippen MR) is 56.0 cm³/mol. The minimum absolute atomic E-state index is 0.0447. The molecule has 102 valence electrons. The summed E-state index contributed by atoms with van der Waals surface area (Å²) in [6.07, 6.45) is -5.02. The van der Waals surface area contributed by atoms with E-state index in [-0.39, 0.29) is 12.3 Å². The van der Waals surface area contributed by atoms with E-state index in [9.17, 15) is 18.0 Å². The van der Waals surface area contributed by atoms with Crippen LogP contribution in [0.25, 0.3) is 0 Å². The quantitative estimate of drug-likeness (QED) is 0.841. The van der Waals surface area contributed by atoms with Gasteiger partial charge in [0.1, 0.15) is 11.6 Å². The molecule has 0 aliphatic heterocycles. The number of anilines is 1. The summed E-state index contributed by atoms with van der Waals surface area (Å²) in [5.74, 6) is -2.56. The molecule has 0 amide bonds. The van der Waals surface area contributed by atoms with Gasteiger partial charge in [0.05, 0.1) is 6.61 Å². The number of hydrogen-bond acceptors (Lipinski definition) is 6. The Kier molecular flexibility index (Phi) is 4.16. The van der Waals surface area contributed by atoms with E-state index in [0.717, 1.165) is 6.07 Å². The van der Waals surface area contributed by atoms with Crippen molar-refractivity contribution in [3.8, 4) is 11.8 Å². The third-order valence-corrected chi connectivity index (χ3v) is 1.82. The Morgan fingerprint density at radius 1 is 1.58 bits per heavy atom. The number of pyridine rings is 1. The molecule has 2 N–H and O–H groups in total. The molecule has 0 aliphatic rings. The average Bonchev–Trinajstić information content (AvgIpc) is 2.30. The Hall–Kier alpha value is -2.50. The third-order valence-electron chi connectivity index (χ3n) is 1.82. The first-order valence-electron chi connectivity index (χ1n) is 4.92. The van der Waals surface area contributed by atoms with E-state index < -0.39 is 29.5 Å². The lowest BCUT2D eigenvalue weighted by atomic mass is 10.2. The molecule has 0 atom stereocenters. The van der Waals surface area contributed by atoms with Gasteiger partial charge in [0.2, 0.25) is 0 Å². The maximum absolute atomic E-state index is 12.1. The van der Waals surface area contributed by atoms with E-state index in [1.807, 2.05) is 0 Å². The predicted octanol–water partition coefficient (Wildman–Crippen LogP) is 1.61. The monoisotopic (exact) mass is 275 g/mol. The highest BCUT2D eigenvalue weighted by molar-refractivity contribution is 5.88. The number of nitrogens with two attached hydrogens (primary N) is 1. The van der Waals surface area contributed by atoms with E-state index >= 15 is 0 Å². The molecular formula is C10H8F3N3O3. The number of halogens is 3. The van der Waals surface area contributed by atoms with Crippen molar-refractivity contribution in [1.82, 2.24) is 4.98 Å². The van der Waals surface area contributed by atoms with E-state index in [1.54, 1.807) is 0 Å². The molecule has 0 saturated heterocycles. The standard InChI is InChI=1S/C10H8F3N3O3/c1-2-18-9(17)6-3-5(4-14)7(8(15)16-6)19-10(11,12)13/h3H,2H2,1H3,(H2,15,16). The molecule has 0 fully saturated rings. The maximum atomic E-state index is 12.1. The molecule has 0 aromatic carbocycles. The molecule has 19 heavy (non-hydrogen) atoms. The first kappa shape index (κ1) is 14.6. The molecule has 0 saturated carbocycles. The number of carbonyl (C=O) groups is 1. The molecule has 9 heteroatoms. The van der Waals surface area contributed by atoms with Gasteiger partial charge in [-0.1, -0.05) is 0 Å². The van der Waals surface area contributed by atoms with Gasteiger partial charge < -0.3 is 15.2 Å². The summed E-state index contributed by atoms with van der Waals surface area (Å²) in [6, 6.07) is 2.26. The van der Waals surface area contributed by atoms with Crippen molar-refractivity contribution in [2.45, 2.75) is 13.3 Å². The molecule has 1 aromatic heterocycles. The van der Waals surface area contributed by atoms with E-state index in [1.165, 1.54) is 13.0 Å². The van der Waals surface area contributed by atoms with Crippen LogP contribution in [0.5, 0.6) is 5.75 Å². The summed E-state index contributed by atoms with van der Waals surface area (Å²) >= 11 is 0. The number of ether oxygens (including phenoxy) is 2. The second kappa shape index (κ2) is 5.43. The lowest BCUT2D eigenvalue weighted by Crippen LogP contribution is -2.20. The van der Waals surface area contributed by atoms with Crippen LogP contribution >= 0.6 is 0 Å². The number of alkyl halides is 3. The number of rotatable bonds is 3. The number of nitrogens with zero attached hydrogens (tertiary/aromatic N) is 2. The summed E-state index contributed by atoms with van der Waals surface area (Å²) in [6.45, 7) is 1.58. The van der Waals surface area contributed by atoms with Crippen LogP contribution in [0.15, 0.2) is 6.07 Å². The van der Waals surface area contributed by atoms with Crippen molar-refractivity contribution in [2.75, 3.05) is 12.3 Å². The molecule has 6 nitrogen and oxygen atoms in total. The van der Waals surface area contributed by atoms with E-state index in [0.29, 0.717) is 0 Å². The molecule has 0 bridgehead atoms. The summed E-state index contributed by atoms with van der Waals surface area (Å²) in [7, 11) is 0. The maximum Gasteiger partial charge on any atom is 0.573 e. The first-order chi connectivity index (χ1) is 8.78. The van der Waals surface area contributed by atoms with Gasteiger partial charge in [0.15, 0.2) is 17.3 Å². The Balaban J connectivity index is 3.23. The van der Waals surface area contributed by atoms with Crippen molar-refractivity contribution in [3.63, 3.8) is 0 Å². The smallest absolute Gasteiger partial charge is 0.461 e. The largest absolute Gasteiger partial charge is 0.573 e. The lowest BCUT2D eigenvalue weighted by Gasteiger charge is -2.12. The zero-order valence-electron chi connectivity index (χ0n) is 9.61. The molecule has 0 unspecified atom stereocenters. The topological polar surface area (TPSA) is 98.2 Å². The zero-order valence-corrected chi connectivity index (χ0v) is 9.61. The fourth-order valence-electron chi connectivity index (χ4n) is 1.17. The molecule has 1 heterocycles. The SMILES string of the molecule is CCOC(=O)c1cc(C#N)c(OC(F)(F)F)c(N)n1. The highest BCUT2D eigenvalue weighted by Gasteiger charge is 2.34.